The van der Waals surface area contributed by atoms with Crippen LogP contribution in [0.4, 0.5) is 0 Å². The third kappa shape index (κ3) is 5.32. The zero-order chi connectivity index (χ0) is 23.4. The molecule has 0 spiro atoms. The zero-order valence-corrected chi connectivity index (χ0v) is 19.7. The van der Waals surface area contributed by atoms with Crippen molar-refractivity contribution in [2.45, 2.75) is 30.3 Å². The predicted octanol–water partition coefficient (Wildman–Crippen LogP) is 0.108. The number of rotatable bonds is 6. The molecule has 0 aliphatic carbocycles. The molecule has 10 nitrogen and oxygen atoms in total. The van der Waals surface area contributed by atoms with Crippen LogP contribution in [0.25, 0.3) is 0 Å². The maximum atomic E-state index is 13.2. The van der Waals surface area contributed by atoms with Crippen LogP contribution in [0.15, 0.2) is 23.1 Å². The van der Waals surface area contributed by atoms with Gasteiger partial charge < -0.3 is 24.0 Å². The van der Waals surface area contributed by atoms with Crippen LogP contribution in [0.5, 0.6) is 5.75 Å². The Balaban J connectivity index is 1.40. The number of hydrogen-bond acceptors (Lipinski definition) is 7. The number of sulfonamides is 1. The van der Waals surface area contributed by atoms with Gasteiger partial charge in [0.15, 0.2) is 0 Å². The number of methoxy groups -OCH3 is 1. The Morgan fingerprint density at radius 2 is 1.73 bits per heavy atom. The van der Waals surface area contributed by atoms with E-state index in [0.717, 1.165) is 12.8 Å². The van der Waals surface area contributed by atoms with Crippen molar-refractivity contribution < 1.29 is 32.2 Å². The van der Waals surface area contributed by atoms with Gasteiger partial charge in [0.05, 0.1) is 26.7 Å². The van der Waals surface area contributed by atoms with Crippen LogP contribution >= 0.6 is 0 Å². The molecule has 4 rings (SSSR count). The van der Waals surface area contributed by atoms with Crippen molar-refractivity contribution in [3.05, 3.63) is 23.8 Å². The monoisotopic (exact) mass is 481 g/mol. The molecule has 33 heavy (non-hydrogen) atoms. The summed E-state index contributed by atoms with van der Waals surface area (Å²) in [5.74, 6) is 0.158. The van der Waals surface area contributed by atoms with Crippen molar-refractivity contribution in [1.29, 1.82) is 0 Å². The molecule has 3 aliphatic rings. The molecule has 1 unspecified atom stereocenters. The van der Waals surface area contributed by atoms with Gasteiger partial charge in [-0.2, -0.15) is 4.31 Å². The average molecular weight is 482 g/mol. The Hall–Kier alpha value is -2.21. The van der Waals surface area contributed by atoms with Gasteiger partial charge in [-0.15, -0.1) is 0 Å². The van der Waals surface area contributed by atoms with Crippen molar-refractivity contribution in [3.8, 4) is 5.75 Å². The molecule has 11 heteroatoms. The number of hydrogen-bond donors (Lipinski definition) is 0. The Morgan fingerprint density at radius 1 is 1.03 bits per heavy atom. The van der Waals surface area contributed by atoms with E-state index in [1.165, 1.54) is 17.5 Å². The lowest BCUT2D eigenvalue weighted by Crippen LogP contribution is -2.53. The highest BCUT2D eigenvalue weighted by Crippen LogP contribution is 2.29. The van der Waals surface area contributed by atoms with E-state index in [2.05, 4.69) is 0 Å². The molecule has 182 valence electrons. The SMILES string of the molecule is COc1ccc(CC(=O)N2CCN(C(=O)C3CCCO3)CC2)cc1S(=O)(=O)N1CCOCC1. The molecule has 0 radical (unpaired) electrons. The summed E-state index contributed by atoms with van der Waals surface area (Å²) in [5, 5.41) is 0. The van der Waals surface area contributed by atoms with Gasteiger partial charge in [-0.05, 0) is 30.5 Å². The van der Waals surface area contributed by atoms with Crippen LogP contribution in [0.1, 0.15) is 18.4 Å². The van der Waals surface area contributed by atoms with Crippen LogP contribution in [0.2, 0.25) is 0 Å². The van der Waals surface area contributed by atoms with Crippen LogP contribution in [0.3, 0.4) is 0 Å². The summed E-state index contributed by atoms with van der Waals surface area (Å²) in [5.41, 5.74) is 0.602. The summed E-state index contributed by atoms with van der Waals surface area (Å²) in [6.07, 6.45) is 1.39. The lowest BCUT2D eigenvalue weighted by atomic mass is 10.1. The molecule has 3 saturated heterocycles. The average Bonchev–Trinajstić information content (AvgIpc) is 3.39. The van der Waals surface area contributed by atoms with Crippen LogP contribution in [-0.2, 0) is 35.5 Å². The topological polar surface area (TPSA) is 106 Å². The number of carbonyl (C=O) groups is 2. The Bertz CT molecular complexity index is 964. The van der Waals surface area contributed by atoms with Gasteiger partial charge in [0.25, 0.3) is 5.91 Å². The third-order valence-electron chi connectivity index (χ3n) is 6.32. The highest BCUT2D eigenvalue weighted by molar-refractivity contribution is 7.89. The van der Waals surface area contributed by atoms with E-state index in [1.807, 2.05) is 0 Å². The molecule has 0 aromatic heterocycles. The van der Waals surface area contributed by atoms with E-state index in [4.69, 9.17) is 14.2 Å². The summed E-state index contributed by atoms with van der Waals surface area (Å²) in [4.78, 5) is 29.0. The molecule has 2 amide bonds. The lowest BCUT2D eigenvalue weighted by molar-refractivity contribution is -0.145. The standard InChI is InChI=1S/C22H31N3O7S/c1-30-18-5-4-17(15-20(18)33(28,29)25-10-13-31-14-11-25)16-21(26)23-6-8-24(9-7-23)22(27)19-3-2-12-32-19/h4-5,15,19H,2-3,6-14,16H2,1H3. The zero-order valence-electron chi connectivity index (χ0n) is 18.9. The molecule has 1 atom stereocenters. The highest BCUT2D eigenvalue weighted by Gasteiger charge is 2.32. The van der Waals surface area contributed by atoms with Gasteiger partial charge in [0, 0.05) is 45.9 Å². The smallest absolute Gasteiger partial charge is 0.251 e. The first-order valence-electron chi connectivity index (χ1n) is 11.3. The number of ether oxygens (including phenoxy) is 3. The molecule has 0 N–H and O–H groups in total. The molecule has 0 bridgehead atoms. The number of benzene rings is 1. The first kappa shape index (κ1) is 23.9. The lowest BCUT2D eigenvalue weighted by Gasteiger charge is -2.35. The number of morpholine rings is 1. The van der Waals surface area contributed by atoms with Gasteiger partial charge >= 0.3 is 0 Å². The summed E-state index contributed by atoms with van der Waals surface area (Å²) in [7, 11) is -2.34. The second-order valence-corrected chi connectivity index (χ2v) is 10.3. The second kappa shape index (κ2) is 10.4. The van der Waals surface area contributed by atoms with Crippen LogP contribution in [-0.4, -0.2) is 107 Å². The van der Waals surface area contributed by atoms with Crippen LogP contribution in [0, 0.1) is 0 Å². The Morgan fingerprint density at radius 3 is 2.36 bits per heavy atom. The maximum Gasteiger partial charge on any atom is 0.251 e. The fraction of sp³-hybridized carbons (Fsp3) is 0.636. The van der Waals surface area contributed by atoms with Crippen LogP contribution < -0.4 is 4.74 Å². The van der Waals surface area contributed by atoms with E-state index in [-0.39, 0.29) is 48.1 Å². The van der Waals surface area contributed by atoms with Crippen molar-refractivity contribution in [2.24, 2.45) is 0 Å². The first-order chi connectivity index (χ1) is 15.9. The molecule has 1 aromatic rings. The molecular formula is C22H31N3O7S. The van der Waals surface area contributed by atoms with E-state index < -0.39 is 10.0 Å². The van der Waals surface area contributed by atoms with Gasteiger partial charge in [0.1, 0.15) is 16.7 Å². The molecular weight excluding hydrogens is 450 g/mol. The normalized spacial score (nSPS) is 22.4. The van der Waals surface area contributed by atoms with Gasteiger partial charge in [-0.1, -0.05) is 6.07 Å². The fourth-order valence-corrected chi connectivity index (χ4v) is 6.01. The first-order valence-corrected chi connectivity index (χ1v) is 12.8. The van der Waals surface area contributed by atoms with Gasteiger partial charge in [0.2, 0.25) is 15.9 Å². The number of piperazine rings is 1. The second-order valence-electron chi connectivity index (χ2n) is 8.39. The predicted molar refractivity (Wildman–Crippen MR) is 118 cm³/mol. The van der Waals surface area contributed by atoms with Crippen molar-refractivity contribution in [2.75, 3.05) is 66.2 Å². The summed E-state index contributed by atoms with van der Waals surface area (Å²) >= 11 is 0. The number of carbonyl (C=O) groups excluding carboxylic acids is 2. The number of nitrogens with zero attached hydrogens (tertiary/aromatic N) is 3. The Labute approximate surface area is 194 Å². The highest BCUT2D eigenvalue weighted by atomic mass is 32.2. The van der Waals surface area contributed by atoms with Gasteiger partial charge in [-0.3, -0.25) is 9.59 Å². The number of amides is 2. The molecule has 3 heterocycles. The van der Waals surface area contributed by atoms with Crippen molar-refractivity contribution in [3.63, 3.8) is 0 Å². The summed E-state index contributed by atoms with van der Waals surface area (Å²) in [6.45, 7) is 3.74. The quantitative estimate of drug-likeness (QED) is 0.568. The minimum Gasteiger partial charge on any atom is -0.495 e. The van der Waals surface area contributed by atoms with E-state index in [9.17, 15) is 18.0 Å². The minimum absolute atomic E-state index is 0.00714. The largest absolute Gasteiger partial charge is 0.495 e. The van der Waals surface area contributed by atoms with Crippen molar-refractivity contribution >= 4 is 21.8 Å². The van der Waals surface area contributed by atoms with E-state index >= 15 is 0 Å². The minimum atomic E-state index is -3.77. The molecule has 1 aromatic carbocycles. The maximum absolute atomic E-state index is 13.2. The van der Waals surface area contributed by atoms with E-state index in [1.54, 1.807) is 21.9 Å². The molecule has 3 fully saturated rings. The van der Waals surface area contributed by atoms with Gasteiger partial charge in [-0.25, -0.2) is 8.42 Å². The van der Waals surface area contributed by atoms with E-state index in [0.29, 0.717) is 51.6 Å². The third-order valence-corrected chi connectivity index (χ3v) is 8.24. The Kier molecular flexibility index (Phi) is 7.52. The molecule has 3 aliphatic heterocycles. The summed E-state index contributed by atoms with van der Waals surface area (Å²) in [6, 6.07) is 4.83. The van der Waals surface area contributed by atoms with Crippen molar-refractivity contribution in [1.82, 2.24) is 14.1 Å². The summed E-state index contributed by atoms with van der Waals surface area (Å²) < 4.78 is 43.7. The fourth-order valence-electron chi connectivity index (χ4n) is 4.40. The molecule has 0 saturated carbocycles.